The molecule has 2 atom stereocenters. The van der Waals surface area contributed by atoms with Gasteiger partial charge in [0.2, 0.25) is 0 Å². The van der Waals surface area contributed by atoms with Crippen LogP contribution in [0.2, 0.25) is 0 Å². The molecule has 15 heavy (non-hydrogen) atoms. The maximum absolute atomic E-state index is 10.9. The van der Waals surface area contributed by atoms with E-state index in [4.69, 9.17) is 5.11 Å². The van der Waals surface area contributed by atoms with E-state index in [0.29, 0.717) is 6.54 Å². The third kappa shape index (κ3) is 2.15. The molecular weight excluding hydrogens is 214 g/mol. The molecule has 2 rings (SSSR count). The Labute approximate surface area is 92.1 Å². The Kier molecular flexibility index (Phi) is 2.97. The van der Waals surface area contributed by atoms with E-state index in [9.17, 15) is 4.79 Å². The Balaban J connectivity index is 1.98. The lowest BCUT2D eigenvalue weighted by molar-refractivity contribution is -0.142. The maximum Gasteiger partial charge on any atom is 0.308 e. The molecule has 1 aliphatic heterocycles. The van der Waals surface area contributed by atoms with Crippen molar-refractivity contribution in [3.05, 3.63) is 11.9 Å². The summed E-state index contributed by atoms with van der Waals surface area (Å²) in [6.45, 7) is 3.50. The van der Waals surface area contributed by atoms with Gasteiger partial charge in [0, 0.05) is 12.6 Å². The average Bonchev–Trinajstić information content (AvgIpc) is 2.78. The van der Waals surface area contributed by atoms with Gasteiger partial charge >= 0.3 is 5.97 Å². The average molecular weight is 227 g/mol. The minimum atomic E-state index is -0.693. The van der Waals surface area contributed by atoms with Gasteiger partial charge in [0.25, 0.3) is 0 Å². The summed E-state index contributed by atoms with van der Waals surface area (Å²) in [5, 5.41) is 8.97. The van der Waals surface area contributed by atoms with Crippen LogP contribution in [0.1, 0.15) is 19.0 Å². The van der Waals surface area contributed by atoms with E-state index in [1.807, 2.05) is 6.92 Å². The third-order valence-electron chi connectivity index (χ3n) is 2.97. The summed E-state index contributed by atoms with van der Waals surface area (Å²) in [6, 6.07) is 0.0872. The van der Waals surface area contributed by atoms with Crippen LogP contribution in [0.3, 0.4) is 0 Å². The summed E-state index contributed by atoms with van der Waals surface area (Å²) in [6.07, 6.45) is 2.47. The van der Waals surface area contributed by atoms with Crippen molar-refractivity contribution < 1.29 is 9.90 Å². The Morgan fingerprint density at radius 2 is 2.60 bits per heavy atom. The first-order chi connectivity index (χ1) is 7.18. The summed E-state index contributed by atoms with van der Waals surface area (Å²) < 4.78 is 8.06. The van der Waals surface area contributed by atoms with E-state index < -0.39 is 5.97 Å². The minimum absolute atomic E-state index is 0.0872. The molecule has 0 aliphatic carbocycles. The van der Waals surface area contributed by atoms with Crippen molar-refractivity contribution in [2.45, 2.75) is 25.9 Å². The fourth-order valence-corrected chi connectivity index (χ4v) is 2.44. The van der Waals surface area contributed by atoms with Gasteiger partial charge in [-0.3, -0.25) is 9.69 Å². The number of carboxylic acids is 1. The van der Waals surface area contributed by atoms with Crippen LogP contribution in [-0.2, 0) is 11.3 Å². The molecule has 1 aliphatic rings. The maximum atomic E-state index is 10.9. The first-order valence-corrected chi connectivity index (χ1v) is 5.65. The lowest BCUT2D eigenvalue weighted by Crippen LogP contribution is -2.32. The molecule has 1 aromatic heterocycles. The summed E-state index contributed by atoms with van der Waals surface area (Å²) in [4.78, 5) is 13.1. The fraction of sp³-hybridized carbons (Fsp3) is 0.667. The molecule has 0 saturated carbocycles. The second-order valence-electron chi connectivity index (χ2n) is 3.84. The highest BCUT2D eigenvalue weighted by atomic mass is 32.1. The number of hydrogen-bond acceptors (Lipinski definition) is 5. The highest BCUT2D eigenvalue weighted by Gasteiger charge is 2.35. The monoisotopic (exact) mass is 227 g/mol. The van der Waals surface area contributed by atoms with Crippen LogP contribution in [0.5, 0.6) is 0 Å². The van der Waals surface area contributed by atoms with Crippen LogP contribution in [0.15, 0.2) is 6.20 Å². The van der Waals surface area contributed by atoms with Crippen molar-refractivity contribution in [3.8, 4) is 0 Å². The van der Waals surface area contributed by atoms with Crippen LogP contribution < -0.4 is 0 Å². The summed E-state index contributed by atoms with van der Waals surface area (Å²) in [5.74, 6) is -0.932. The SMILES string of the molecule is CC1C(C(=O)O)CCN1Cc1cnsn1. The molecule has 0 spiro atoms. The lowest BCUT2D eigenvalue weighted by Gasteiger charge is -2.21. The number of aromatic nitrogens is 2. The summed E-state index contributed by atoms with van der Waals surface area (Å²) in [5.41, 5.74) is 0.929. The highest BCUT2D eigenvalue weighted by Crippen LogP contribution is 2.25. The first kappa shape index (κ1) is 10.5. The van der Waals surface area contributed by atoms with E-state index in [1.54, 1.807) is 6.20 Å². The fourth-order valence-electron chi connectivity index (χ4n) is 2.02. The van der Waals surface area contributed by atoms with Crippen LogP contribution in [-0.4, -0.2) is 37.3 Å². The molecule has 6 heteroatoms. The van der Waals surface area contributed by atoms with Gasteiger partial charge in [0.05, 0.1) is 29.5 Å². The molecule has 2 unspecified atom stereocenters. The van der Waals surface area contributed by atoms with Gasteiger partial charge in [-0.25, -0.2) is 0 Å². The van der Waals surface area contributed by atoms with Gasteiger partial charge in [-0.1, -0.05) is 0 Å². The highest BCUT2D eigenvalue weighted by molar-refractivity contribution is 6.99. The van der Waals surface area contributed by atoms with Gasteiger partial charge in [0.15, 0.2) is 0 Å². The van der Waals surface area contributed by atoms with Gasteiger partial charge in [-0.15, -0.1) is 0 Å². The van der Waals surface area contributed by atoms with E-state index in [2.05, 4.69) is 13.6 Å². The predicted octanol–water partition coefficient (Wildman–Crippen LogP) is 0.833. The Hall–Kier alpha value is -1.01. The summed E-state index contributed by atoms with van der Waals surface area (Å²) >= 11 is 1.19. The largest absolute Gasteiger partial charge is 0.481 e. The summed E-state index contributed by atoms with van der Waals surface area (Å²) in [7, 11) is 0. The zero-order valence-electron chi connectivity index (χ0n) is 8.46. The molecule has 0 aromatic carbocycles. The van der Waals surface area contributed by atoms with Crippen LogP contribution in [0.25, 0.3) is 0 Å². The molecule has 82 valence electrons. The van der Waals surface area contributed by atoms with Crippen LogP contribution >= 0.6 is 11.7 Å². The molecule has 1 fully saturated rings. The zero-order chi connectivity index (χ0) is 10.8. The van der Waals surface area contributed by atoms with Crippen molar-refractivity contribution in [2.24, 2.45) is 5.92 Å². The topological polar surface area (TPSA) is 66.3 Å². The molecule has 0 amide bonds. The molecule has 1 aromatic rings. The third-order valence-corrected chi connectivity index (χ3v) is 3.49. The first-order valence-electron chi connectivity index (χ1n) is 4.92. The van der Waals surface area contributed by atoms with Crippen molar-refractivity contribution in [1.29, 1.82) is 0 Å². The molecule has 0 bridgehead atoms. The number of carboxylic acid groups (broad SMARTS) is 1. The van der Waals surface area contributed by atoms with Crippen LogP contribution in [0, 0.1) is 5.92 Å². The standard InChI is InChI=1S/C9H13N3O2S/c1-6-8(9(13)14)2-3-12(6)5-7-4-10-15-11-7/h4,6,8H,2-3,5H2,1H3,(H,13,14). The van der Waals surface area contributed by atoms with Crippen molar-refractivity contribution >= 4 is 17.7 Å². The van der Waals surface area contributed by atoms with Gasteiger partial charge in [-0.2, -0.15) is 8.75 Å². The Morgan fingerprint density at radius 3 is 3.13 bits per heavy atom. The van der Waals surface area contributed by atoms with Gasteiger partial charge < -0.3 is 5.11 Å². The number of nitrogens with zero attached hydrogens (tertiary/aromatic N) is 3. The number of likely N-dealkylation sites (tertiary alicyclic amines) is 1. The Morgan fingerprint density at radius 1 is 1.80 bits per heavy atom. The molecule has 0 radical (unpaired) electrons. The second kappa shape index (κ2) is 4.24. The zero-order valence-corrected chi connectivity index (χ0v) is 9.28. The Bertz CT molecular complexity index is 341. The molecule has 2 heterocycles. The van der Waals surface area contributed by atoms with Crippen molar-refractivity contribution in [1.82, 2.24) is 13.6 Å². The molecular formula is C9H13N3O2S. The van der Waals surface area contributed by atoms with Crippen molar-refractivity contribution in [2.75, 3.05) is 6.54 Å². The second-order valence-corrected chi connectivity index (χ2v) is 4.40. The van der Waals surface area contributed by atoms with E-state index in [-0.39, 0.29) is 12.0 Å². The number of hydrogen-bond donors (Lipinski definition) is 1. The van der Waals surface area contributed by atoms with E-state index in [0.717, 1.165) is 18.7 Å². The number of rotatable bonds is 3. The smallest absolute Gasteiger partial charge is 0.308 e. The normalized spacial score (nSPS) is 27.0. The quantitative estimate of drug-likeness (QED) is 0.828. The lowest BCUT2D eigenvalue weighted by atomic mass is 10.0. The van der Waals surface area contributed by atoms with Gasteiger partial charge in [0.1, 0.15) is 0 Å². The van der Waals surface area contributed by atoms with E-state index in [1.165, 1.54) is 11.7 Å². The molecule has 1 N–H and O–H groups in total. The van der Waals surface area contributed by atoms with Crippen molar-refractivity contribution in [3.63, 3.8) is 0 Å². The predicted molar refractivity (Wildman–Crippen MR) is 55.5 cm³/mol. The number of aliphatic carboxylic acids is 1. The van der Waals surface area contributed by atoms with Crippen LogP contribution in [0.4, 0.5) is 0 Å². The van der Waals surface area contributed by atoms with Gasteiger partial charge in [-0.05, 0) is 19.9 Å². The minimum Gasteiger partial charge on any atom is -0.481 e. The molecule has 1 saturated heterocycles. The molecule has 5 nitrogen and oxygen atoms in total. The van der Waals surface area contributed by atoms with E-state index >= 15 is 0 Å². The number of carbonyl (C=O) groups is 1.